The van der Waals surface area contributed by atoms with E-state index in [2.05, 4.69) is 26.3 Å². The molecule has 1 aliphatic heterocycles. The van der Waals surface area contributed by atoms with Gasteiger partial charge in [-0.1, -0.05) is 29.8 Å². The van der Waals surface area contributed by atoms with Gasteiger partial charge in [0.2, 0.25) is 0 Å². The van der Waals surface area contributed by atoms with Gasteiger partial charge in [0.1, 0.15) is 18.0 Å². The Hall–Kier alpha value is -1.46. The molecule has 0 unspecified atom stereocenters. The third-order valence-corrected chi connectivity index (χ3v) is 4.96. The molecule has 3 rings (SSSR count). The lowest BCUT2D eigenvalue weighted by Gasteiger charge is -2.27. The van der Waals surface area contributed by atoms with Crippen LogP contribution in [0.5, 0.6) is 0 Å². The molecule has 1 aliphatic rings. The molecule has 0 atom stereocenters. The fourth-order valence-electron chi connectivity index (χ4n) is 2.44. The first-order valence-electron chi connectivity index (χ1n) is 7.45. The molecule has 0 aliphatic carbocycles. The minimum Gasteiger partial charge on any atom is -0.370 e. The van der Waals surface area contributed by atoms with Crippen molar-refractivity contribution in [3.63, 3.8) is 0 Å². The molecule has 1 fully saturated rings. The molecule has 2 heterocycles. The van der Waals surface area contributed by atoms with E-state index in [1.807, 2.05) is 36.0 Å². The van der Waals surface area contributed by atoms with Gasteiger partial charge >= 0.3 is 0 Å². The fourth-order valence-corrected chi connectivity index (χ4v) is 3.57. The molecule has 4 nitrogen and oxygen atoms in total. The predicted molar refractivity (Wildman–Crippen MR) is 95.2 cm³/mol. The summed E-state index contributed by atoms with van der Waals surface area (Å²) < 4.78 is 0. The Kier molecular flexibility index (Phi) is 5.40. The molecule has 6 heteroatoms. The van der Waals surface area contributed by atoms with Gasteiger partial charge in [0.05, 0.1) is 0 Å². The van der Waals surface area contributed by atoms with Crippen LogP contribution < -0.4 is 10.2 Å². The number of nitrogens with one attached hydrogen (secondary N) is 1. The van der Waals surface area contributed by atoms with Crippen LogP contribution in [0.25, 0.3) is 0 Å². The van der Waals surface area contributed by atoms with Gasteiger partial charge in [0, 0.05) is 42.2 Å². The lowest BCUT2D eigenvalue weighted by molar-refractivity contribution is 0.834. The molecule has 1 aromatic heterocycles. The van der Waals surface area contributed by atoms with Crippen molar-refractivity contribution in [2.75, 3.05) is 41.4 Å². The molecule has 2 aromatic rings. The topological polar surface area (TPSA) is 41.0 Å². The van der Waals surface area contributed by atoms with Gasteiger partial charge in [0.15, 0.2) is 0 Å². The van der Waals surface area contributed by atoms with E-state index in [0.29, 0.717) is 0 Å². The molecule has 0 radical (unpaired) electrons. The predicted octanol–water partition coefficient (Wildman–Crippen LogP) is 3.34. The fraction of sp³-hybridized carbons (Fsp3) is 0.375. The lowest BCUT2D eigenvalue weighted by Crippen LogP contribution is -2.33. The average molecular weight is 335 g/mol. The van der Waals surface area contributed by atoms with Crippen LogP contribution in [0.3, 0.4) is 0 Å². The third-order valence-electron chi connectivity index (χ3n) is 3.65. The maximum Gasteiger partial charge on any atom is 0.134 e. The number of anilines is 2. The number of hydrogen-bond donors (Lipinski definition) is 1. The second kappa shape index (κ2) is 7.70. The van der Waals surface area contributed by atoms with E-state index >= 15 is 0 Å². The number of thioether (sulfide) groups is 1. The maximum absolute atomic E-state index is 6.17. The van der Waals surface area contributed by atoms with E-state index in [0.717, 1.165) is 48.3 Å². The van der Waals surface area contributed by atoms with Crippen LogP contribution in [0, 0.1) is 0 Å². The highest BCUT2D eigenvalue weighted by molar-refractivity contribution is 7.99. The molecule has 0 amide bonds. The van der Waals surface area contributed by atoms with Gasteiger partial charge in [0.25, 0.3) is 0 Å². The van der Waals surface area contributed by atoms with Crippen LogP contribution in [0.2, 0.25) is 5.02 Å². The van der Waals surface area contributed by atoms with Crippen LogP contribution in [0.4, 0.5) is 11.6 Å². The Labute approximate surface area is 140 Å². The largest absolute Gasteiger partial charge is 0.370 e. The second-order valence-electron chi connectivity index (χ2n) is 5.13. The van der Waals surface area contributed by atoms with Crippen molar-refractivity contribution in [2.24, 2.45) is 0 Å². The first-order chi connectivity index (χ1) is 10.8. The van der Waals surface area contributed by atoms with Gasteiger partial charge < -0.3 is 10.2 Å². The number of halogens is 1. The minimum absolute atomic E-state index is 0.802. The molecule has 116 valence electrons. The molecule has 1 aromatic carbocycles. The zero-order chi connectivity index (χ0) is 15.2. The van der Waals surface area contributed by atoms with Crippen LogP contribution in [0.15, 0.2) is 36.7 Å². The van der Waals surface area contributed by atoms with Gasteiger partial charge in [-0.15, -0.1) is 0 Å². The molecule has 1 N–H and O–H groups in total. The Morgan fingerprint density at radius 1 is 1.18 bits per heavy atom. The molecule has 0 bridgehead atoms. The van der Waals surface area contributed by atoms with E-state index < -0.39 is 0 Å². The van der Waals surface area contributed by atoms with Crippen molar-refractivity contribution in [2.45, 2.75) is 6.42 Å². The summed E-state index contributed by atoms with van der Waals surface area (Å²) in [6, 6.07) is 9.97. The summed E-state index contributed by atoms with van der Waals surface area (Å²) in [5, 5.41) is 4.18. The number of hydrogen-bond acceptors (Lipinski definition) is 5. The molecule has 1 saturated heterocycles. The summed E-state index contributed by atoms with van der Waals surface area (Å²) in [5.41, 5.74) is 1.15. The molecular formula is C16H19ClN4S. The normalized spacial score (nSPS) is 14.9. The highest BCUT2D eigenvalue weighted by Gasteiger charge is 2.12. The monoisotopic (exact) mass is 334 g/mol. The van der Waals surface area contributed by atoms with Gasteiger partial charge in [-0.25, -0.2) is 9.97 Å². The summed E-state index contributed by atoms with van der Waals surface area (Å²) in [5.74, 6) is 4.21. The number of rotatable bonds is 5. The van der Waals surface area contributed by atoms with Crippen LogP contribution in [0.1, 0.15) is 5.56 Å². The number of nitrogens with zero attached hydrogens (tertiary/aromatic N) is 3. The van der Waals surface area contributed by atoms with Gasteiger partial charge in [-0.05, 0) is 18.1 Å². The van der Waals surface area contributed by atoms with Crippen LogP contribution in [-0.2, 0) is 6.42 Å². The second-order valence-corrected chi connectivity index (χ2v) is 6.76. The summed E-state index contributed by atoms with van der Waals surface area (Å²) in [6.45, 7) is 2.91. The first-order valence-corrected chi connectivity index (χ1v) is 8.98. The first kappa shape index (κ1) is 15.4. The quantitative estimate of drug-likeness (QED) is 0.908. The van der Waals surface area contributed by atoms with Crippen LogP contribution in [-0.4, -0.2) is 41.1 Å². The van der Waals surface area contributed by atoms with Crippen molar-refractivity contribution in [3.8, 4) is 0 Å². The molecule has 22 heavy (non-hydrogen) atoms. The van der Waals surface area contributed by atoms with Crippen molar-refractivity contribution in [3.05, 3.63) is 47.2 Å². The van der Waals surface area contributed by atoms with Crippen molar-refractivity contribution < 1.29 is 0 Å². The van der Waals surface area contributed by atoms with Crippen molar-refractivity contribution in [1.29, 1.82) is 0 Å². The van der Waals surface area contributed by atoms with E-state index in [4.69, 9.17) is 11.6 Å². The standard InChI is InChI=1S/C16H19ClN4S/c17-14-4-2-1-3-13(14)5-6-18-15-11-16(20-12-19-15)21-7-9-22-10-8-21/h1-4,11-12H,5-10H2,(H,18,19,20). The Balaban J connectivity index is 1.57. The van der Waals surface area contributed by atoms with Crippen LogP contribution >= 0.6 is 23.4 Å². The zero-order valence-corrected chi connectivity index (χ0v) is 13.9. The number of aromatic nitrogens is 2. The lowest BCUT2D eigenvalue weighted by atomic mass is 10.1. The van der Waals surface area contributed by atoms with E-state index in [9.17, 15) is 0 Å². The molecule has 0 saturated carbocycles. The minimum atomic E-state index is 0.802. The maximum atomic E-state index is 6.17. The highest BCUT2D eigenvalue weighted by atomic mass is 35.5. The third kappa shape index (κ3) is 4.05. The summed E-state index contributed by atoms with van der Waals surface area (Å²) in [7, 11) is 0. The van der Waals surface area contributed by atoms with E-state index in [1.54, 1.807) is 6.33 Å². The Morgan fingerprint density at radius 2 is 2.00 bits per heavy atom. The Morgan fingerprint density at radius 3 is 2.82 bits per heavy atom. The molecular weight excluding hydrogens is 316 g/mol. The summed E-state index contributed by atoms with van der Waals surface area (Å²) >= 11 is 8.17. The smallest absolute Gasteiger partial charge is 0.134 e. The molecule has 0 spiro atoms. The van der Waals surface area contributed by atoms with E-state index in [-0.39, 0.29) is 0 Å². The summed E-state index contributed by atoms with van der Waals surface area (Å²) in [6.07, 6.45) is 2.51. The van der Waals surface area contributed by atoms with Gasteiger partial charge in [-0.3, -0.25) is 0 Å². The van der Waals surface area contributed by atoms with Crippen molar-refractivity contribution >= 4 is 35.0 Å². The highest BCUT2D eigenvalue weighted by Crippen LogP contribution is 2.19. The summed E-state index contributed by atoms with van der Waals surface area (Å²) in [4.78, 5) is 11.0. The Bertz CT molecular complexity index is 617. The van der Waals surface area contributed by atoms with Crippen molar-refractivity contribution in [1.82, 2.24) is 9.97 Å². The average Bonchev–Trinajstić information content (AvgIpc) is 2.58. The van der Waals surface area contributed by atoms with Gasteiger partial charge in [-0.2, -0.15) is 11.8 Å². The van der Waals surface area contributed by atoms with E-state index in [1.165, 1.54) is 11.5 Å². The zero-order valence-electron chi connectivity index (χ0n) is 12.3. The number of benzene rings is 1. The SMILES string of the molecule is Clc1ccccc1CCNc1cc(N2CCSCC2)ncn1.